The molecule has 28 heavy (non-hydrogen) atoms. The largest absolute Gasteiger partial charge is 0.395 e. The lowest BCUT2D eigenvalue weighted by atomic mass is 10.0. The number of aliphatic hydroxyl groups excluding tert-OH is 2. The number of rotatable bonds is 18. The van der Waals surface area contributed by atoms with Crippen molar-refractivity contribution in [2.45, 2.75) is 101 Å². The molecule has 0 aliphatic rings. The Kier molecular flexibility index (Phi) is 15.8. The van der Waals surface area contributed by atoms with Crippen LogP contribution in [0.25, 0.3) is 0 Å². The summed E-state index contributed by atoms with van der Waals surface area (Å²) in [5, 5.41) is 23.5. The molecule has 4 heteroatoms. The first kappa shape index (κ1) is 25.5. The minimum atomic E-state index is -0.668. The van der Waals surface area contributed by atoms with Crippen molar-refractivity contribution in [3.63, 3.8) is 0 Å². The van der Waals surface area contributed by atoms with Crippen molar-refractivity contribution in [3.05, 3.63) is 29.8 Å². The molecule has 0 spiro atoms. The molecule has 0 heterocycles. The average Bonchev–Trinajstić information content (AvgIpc) is 2.73. The third-order valence-electron chi connectivity index (χ3n) is 5.47. The minimum Gasteiger partial charge on any atom is -0.395 e. The number of aliphatic hydroxyl groups is 2. The van der Waals surface area contributed by atoms with Crippen molar-refractivity contribution in [2.75, 3.05) is 19.4 Å². The van der Waals surface area contributed by atoms with Gasteiger partial charge < -0.3 is 15.5 Å². The molecule has 0 amide bonds. The highest BCUT2D eigenvalue weighted by atomic mass is 32.2. The Bertz CT molecular complexity index is 466. The predicted octanol–water partition coefficient (Wildman–Crippen LogP) is 6.09. The van der Waals surface area contributed by atoms with Gasteiger partial charge in [0, 0.05) is 4.90 Å². The van der Waals surface area contributed by atoms with Crippen LogP contribution in [0.4, 0.5) is 0 Å². The molecule has 0 bridgehead atoms. The Hall–Kier alpha value is -0.550. The molecule has 1 aromatic carbocycles. The van der Waals surface area contributed by atoms with Crippen LogP contribution in [0.5, 0.6) is 0 Å². The first-order valence-corrected chi connectivity index (χ1v) is 12.6. The molecule has 0 fully saturated rings. The van der Waals surface area contributed by atoms with E-state index in [1.165, 1.54) is 75.5 Å². The molecular weight excluding hydrogens is 366 g/mol. The van der Waals surface area contributed by atoms with E-state index >= 15 is 0 Å². The van der Waals surface area contributed by atoms with Crippen LogP contribution in [-0.4, -0.2) is 35.7 Å². The number of unbranched alkanes of at least 4 members (excludes halogenated alkanes) is 11. The predicted molar refractivity (Wildman–Crippen MR) is 123 cm³/mol. The van der Waals surface area contributed by atoms with Crippen molar-refractivity contribution in [1.82, 2.24) is 5.32 Å². The van der Waals surface area contributed by atoms with Gasteiger partial charge in [0.1, 0.15) is 0 Å². The van der Waals surface area contributed by atoms with Crippen molar-refractivity contribution < 1.29 is 10.2 Å². The molecule has 2 unspecified atom stereocenters. The fraction of sp³-hybridized carbons (Fsp3) is 0.750. The van der Waals surface area contributed by atoms with Gasteiger partial charge in [-0.25, -0.2) is 0 Å². The fourth-order valence-corrected chi connectivity index (χ4v) is 3.97. The number of hydrogen-bond acceptors (Lipinski definition) is 4. The van der Waals surface area contributed by atoms with Crippen LogP contribution in [0.3, 0.4) is 0 Å². The van der Waals surface area contributed by atoms with E-state index in [0.717, 1.165) is 18.5 Å². The number of hydrogen-bond donors (Lipinski definition) is 3. The van der Waals surface area contributed by atoms with Gasteiger partial charge in [0.25, 0.3) is 0 Å². The monoisotopic (exact) mass is 409 g/mol. The molecule has 1 rings (SSSR count). The molecule has 3 N–H and O–H groups in total. The van der Waals surface area contributed by atoms with Gasteiger partial charge in [0.05, 0.1) is 18.8 Å². The highest BCUT2D eigenvalue weighted by molar-refractivity contribution is 7.98. The second-order valence-electron chi connectivity index (χ2n) is 7.85. The van der Waals surface area contributed by atoms with Crippen molar-refractivity contribution in [3.8, 4) is 0 Å². The number of benzene rings is 1. The zero-order valence-corrected chi connectivity index (χ0v) is 19.0. The van der Waals surface area contributed by atoms with Crippen LogP contribution >= 0.6 is 11.8 Å². The van der Waals surface area contributed by atoms with E-state index in [1.807, 2.05) is 30.5 Å². The normalized spacial score (nSPS) is 13.6. The summed E-state index contributed by atoms with van der Waals surface area (Å²) < 4.78 is 0. The molecule has 162 valence electrons. The molecule has 0 radical (unpaired) electrons. The van der Waals surface area contributed by atoms with E-state index in [-0.39, 0.29) is 12.6 Å². The summed E-state index contributed by atoms with van der Waals surface area (Å²) in [6, 6.07) is 7.63. The Morgan fingerprint density at radius 3 is 1.79 bits per heavy atom. The first-order valence-electron chi connectivity index (χ1n) is 11.4. The van der Waals surface area contributed by atoms with Crippen LogP contribution < -0.4 is 5.32 Å². The van der Waals surface area contributed by atoms with E-state index < -0.39 is 6.10 Å². The lowest BCUT2D eigenvalue weighted by Gasteiger charge is -2.23. The fourth-order valence-electron chi connectivity index (χ4n) is 3.56. The maximum Gasteiger partial charge on any atom is 0.0965 e. The van der Waals surface area contributed by atoms with E-state index in [0.29, 0.717) is 0 Å². The van der Waals surface area contributed by atoms with Crippen LogP contribution in [-0.2, 0) is 0 Å². The van der Waals surface area contributed by atoms with Gasteiger partial charge in [-0.3, -0.25) is 0 Å². The second kappa shape index (κ2) is 17.3. The SMILES string of the molecule is CCCCCCCCCCCCCCNC(CO)C(O)c1ccc(SC)cc1. The molecule has 3 nitrogen and oxygen atoms in total. The van der Waals surface area contributed by atoms with E-state index in [2.05, 4.69) is 12.2 Å². The smallest absolute Gasteiger partial charge is 0.0965 e. The summed E-state index contributed by atoms with van der Waals surface area (Å²) in [7, 11) is 0. The van der Waals surface area contributed by atoms with Crippen molar-refractivity contribution in [1.29, 1.82) is 0 Å². The minimum absolute atomic E-state index is 0.0519. The molecule has 1 aromatic rings. The van der Waals surface area contributed by atoms with Gasteiger partial charge >= 0.3 is 0 Å². The Morgan fingerprint density at radius 1 is 0.821 bits per heavy atom. The summed E-state index contributed by atoms with van der Waals surface area (Å²) in [5.74, 6) is 0. The van der Waals surface area contributed by atoms with E-state index in [9.17, 15) is 10.2 Å². The van der Waals surface area contributed by atoms with Gasteiger partial charge in [0.15, 0.2) is 0 Å². The van der Waals surface area contributed by atoms with Crippen LogP contribution in [0.1, 0.15) is 95.6 Å². The Morgan fingerprint density at radius 2 is 1.32 bits per heavy atom. The van der Waals surface area contributed by atoms with Gasteiger partial charge in [-0.05, 0) is 36.9 Å². The second-order valence-corrected chi connectivity index (χ2v) is 8.73. The molecular formula is C24H43NO2S. The summed E-state index contributed by atoms with van der Waals surface area (Å²) in [5.41, 5.74) is 0.860. The topological polar surface area (TPSA) is 52.5 Å². The lowest BCUT2D eigenvalue weighted by Crippen LogP contribution is -2.38. The standard InChI is InChI=1S/C24H43NO2S/c1-3-4-5-6-7-8-9-10-11-12-13-14-19-25-23(20-26)24(27)21-15-17-22(28-2)18-16-21/h15-18,23-27H,3-14,19-20H2,1-2H3. The van der Waals surface area contributed by atoms with Crippen LogP contribution in [0.15, 0.2) is 29.2 Å². The molecule has 0 saturated heterocycles. The maximum atomic E-state index is 10.5. The molecule has 0 aromatic heterocycles. The first-order chi connectivity index (χ1) is 13.7. The Labute approximate surface area is 177 Å². The van der Waals surface area contributed by atoms with Crippen molar-refractivity contribution in [2.24, 2.45) is 0 Å². The number of nitrogens with one attached hydrogen (secondary N) is 1. The molecule has 0 saturated carbocycles. The van der Waals surface area contributed by atoms with Gasteiger partial charge in [-0.1, -0.05) is 89.7 Å². The van der Waals surface area contributed by atoms with Crippen LogP contribution in [0.2, 0.25) is 0 Å². The average molecular weight is 410 g/mol. The van der Waals surface area contributed by atoms with E-state index in [4.69, 9.17) is 0 Å². The van der Waals surface area contributed by atoms with Crippen LogP contribution in [0, 0.1) is 0 Å². The summed E-state index contributed by atoms with van der Waals surface area (Å²) in [4.78, 5) is 1.18. The molecule has 0 aliphatic heterocycles. The third kappa shape index (κ3) is 11.5. The molecule has 2 atom stereocenters. The maximum absolute atomic E-state index is 10.5. The Balaban J connectivity index is 2.04. The zero-order valence-electron chi connectivity index (χ0n) is 18.2. The van der Waals surface area contributed by atoms with Gasteiger partial charge in [0.2, 0.25) is 0 Å². The third-order valence-corrected chi connectivity index (χ3v) is 6.22. The zero-order chi connectivity index (χ0) is 20.5. The highest BCUT2D eigenvalue weighted by Gasteiger charge is 2.19. The quantitative estimate of drug-likeness (QED) is 0.203. The van der Waals surface area contributed by atoms with E-state index in [1.54, 1.807) is 11.8 Å². The summed E-state index contributed by atoms with van der Waals surface area (Å²) in [6.07, 6.45) is 17.4. The summed E-state index contributed by atoms with van der Waals surface area (Å²) in [6.45, 7) is 3.07. The number of thioether (sulfide) groups is 1. The molecule has 0 aliphatic carbocycles. The highest BCUT2D eigenvalue weighted by Crippen LogP contribution is 2.21. The van der Waals surface area contributed by atoms with Gasteiger partial charge in [-0.2, -0.15) is 0 Å². The summed E-state index contributed by atoms with van der Waals surface area (Å²) >= 11 is 1.69. The van der Waals surface area contributed by atoms with Crippen molar-refractivity contribution >= 4 is 11.8 Å². The van der Waals surface area contributed by atoms with Gasteiger partial charge in [-0.15, -0.1) is 11.8 Å². The lowest BCUT2D eigenvalue weighted by molar-refractivity contribution is 0.0899.